The molecule has 1 fully saturated rings. The lowest BCUT2D eigenvalue weighted by Crippen LogP contribution is -2.50. The first kappa shape index (κ1) is 23.1. The van der Waals surface area contributed by atoms with Crippen LogP contribution >= 0.6 is 23.2 Å². The predicted octanol–water partition coefficient (Wildman–Crippen LogP) is 4.18. The fourth-order valence-electron chi connectivity index (χ4n) is 3.17. The van der Waals surface area contributed by atoms with Gasteiger partial charge in [0, 0.05) is 43.0 Å². The maximum Gasteiger partial charge on any atom is 0.471 e. The maximum absolute atomic E-state index is 12.6. The Bertz CT molecular complexity index is 1130. The summed E-state index contributed by atoms with van der Waals surface area (Å²) in [7, 11) is 0. The van der Waals surface area contributed by atoms with E-state index in [0.717, 1.165) is 0 Å². The van der Waals surface area contributed by atoms with E-state index in [9.17, 15) is 18.0 Å². The zero-order chi connectivity index (χ0) is 23.6. The summed E-state index contributed by atoms with van der Waals surface area (Å²) in [4.78, 5) is 23.7. The topological polar surface area (TPSA) is 84.6 Å². The number of ether oxygens (including phenoxy) is 1. The highest BCUT2D eigenvalue weighted by Crippen LogP contribution is 2.30. The molecule has 0 atom stereocenters. The summed E-state index contributed by atoms with van der Waals surface area (Å²) in [6.45, 7) is 1.82. The molecule has 0 spiro atoms. The van der Waals surface area contributed by atoms with Gasteiger partial charge in [-0.1, -0.05) is 28.4 Å². The summed E-state index contributed by atoms with van der Waals surface area (Å²) in [6.07, 6.45) is -3.33. The van der Waals surface area contributed by atoms with Gasteiger partial charge in [-0.3, -0.25) is 4.79 Å². The summed E-state index contributed by atoms with van der Waals surface area (Å²) in [5.41, 5.74) is 0.296. The van der Waals surface area contributed by atoms with Gasteiger partial charge in [0.25, 0.3) is 5.91 Å². The van der Waals surface area contributed by atoms with Gasteiger partial charge < -0.3 is 19.1 Å². The number of alkyl halides is 3. The number of carbonyl (C=O) groups excluding carboxylic acids is 1. The largest absolute Gasteiger partial charge is 0.482 e. The first-order chi connectivity index (χ1) is 15.7. The second kappa shape index (κ2) is 9.44. The van der Waals surface area contributed by atoms with Crippen LogP contribution in [0.5, 0.6) is 5.75 Å². The number of hydrogen-bond acceptors (Lipinski definition) is 7. The van der Waals surface area contributed by atoms with Gasteiger partial charge in [0.15, 0.2) is 6.61 Å². The van der Waals surface area contributed by atoms with Crippen LogP contribution in [0.3, 0.4) is 0 Å². The Labute approximate surface area is 195 Å². The molecule has 1 saturated heterocycles. The Morgan fingerprint density at radius 2 is 1.88 bits per heavy atom. The van der Waals surface area contributed by atoms with Crippen molar-refractivity contribution in [2.75, 3.05) is 37.7 Å². The van der Waals surface area contributed by atoms with E-state index in [0.29, 0.717) is 53.4 Å². The van der Waals surface area contributed by atoms with Crippen LogP contribution in [0.15, 0.2) is 41.1 Å². The first-order valence-corrected chi connectivity index (χ1v) is 10.4. The smallest absolute Gasteiger partial charge is 0.471 e. The van der Waals surface area contributed by atoms with E-state index < -0.39 is 12.1 Å². The zero-order valence-electron chi connectivity index (χ0n) is 16.9. The minimum atomic E-state index is -4.71. The number of hydrogen-bond donors (Lipinski definition) is 0. The van der Waals surface area contributed by atoms with Crippen molar-refractivity contribution >= 4 is 34.9 Å². The molecule has 1 amide bonds. The van der Waals surface area contributed by atoms with E-state index in [-0.39, 0.29) is 18.3 Å². The third kappa shape index (κ3) is 5.48. The summed E-state index contributed by atoms with van der Waals surface area (Å²) >= 11 is 11.9. The number of halogens is 5. The second-order valence-electron chi connectivity index (χ2n) is 7.06. The summed E-state index contributed by atoms with van der Waals surface area (Å²) < 4.78 is 47.6. The molecular weight excluding hydrogens is 486 g/mol. The van der Waals surface area contributed by atoms with Gasteiger partial charge in [0.1, 0.15) is 11.6 Å². The average Bonchev–Trinajstić information content (AvgIpc) is 3.30. The Balaban J connectivity index is 1.30. The minimum absolute atomic E-state index is 0.154. The number of aromatic nitrogens is 3. The molecule has 1 aliphatic rings. The highest BCUT2D eigenvalue weighted by molar-refractivity contribution is 6.35. The van der Waals surface area contributed by atoms with Crippen LogP contribution in [0.2, 0.25) is 10.0 Å². The van der Waals surface area contributed by atoms with Gasteiger partial charge >= 0.3 is 12.1 Å². The predicted molar refractivity (Wildman–Crippen MR) is 113 cm³/mol. The molecule has 1 aliphatic heterocycles. The maximum atomic E-state index is 12.6. The van der Waals surface area contributed by atoms with Crippen LogP contribution in [0, 0.1) is 0 Å². The highest BCUT2D eigenvalue weighted by Gasteiger charge is 2.38. The molecular formula is C20H16Cl2F3N5O3. The number of amides is 1. The van der Waals surface area contributed by atoms with Crippen molar-refractivity contribution in [2.45, 2.75) is 6.18 Å². The molecule has 0 unspecified atom stereocenters. The number of nitrogens with zero attached hydrogens (tertiary/aromatic N) is 5. The van der Waals surface area contributed by atoms with Crippen LogP contribution in [0.1, 0.15) is 5.89 Å². The monoisotopic (exact) mass is 501 g/mol. The van der Waals surface area contributed by atoms with E-state index in [2.05, 4.69) is 19.6 Å². The molecule has 0 saturated carbocycles. The first-order valence-electron chi connectivity index (χ1n) is 9.68. The van der Waals surface area contributed by atoms with Crippen molar-refractivity contribution in [3.63, 3.8) is 0 Å². The zero-order valence-corrected chi connectivity index (χ0v) is 18.4. The van der Waals surface area contributed by atoms with Crippen molar-refractivity contribution < 1.29 is 27.2 Å². The van der Waals surface area contributed by atoms with E-state index in [4.69, 9.17) is 27.9 Å². The lowest BCUT2D eigenvalue weighted by atomic mass is 10.2. The molecule has 3 aromatic rings. The van der Waals surface area contributed by atoms with Crippen LogP contribution < -0.4 is 9.64 Å². The molecule has 33 heavy (non-hydrogen) atoms. The van der Waals surface area contributed by atoms with E-state index in [1.54, 1.807) is 29.2 Å². The SMILES string of the molecule is O=C(COc1ccc(Cl)cc1Cl)N1CCN(c2ccc(-c3noc(C(F)(F)F)n3)cn2)CC1. The number of anilines is 1. The van der Waals surface area contributed by atoms with Gasteiger partial charge in [-0.25, -0.2) is 4.98 Å². The lowest BCUT2D eigenvalue weighted by Gasteiger charge is -2.35. The third-order valence-electron chi connectivity index (χ3n) is 4.88. The van der Waals surface area contributed by atoms with Crippen molar-refractivity contribution in [1.82, 2.24) is 20.0 Å². The number of carbonyl (C=O) groups is 1. The number of pyridine rings is 1. The average molecular weight is 502 g/mol. The number of benzene rings is 1. The minimum Gasteiger partial charge on any atom is -0.482 e. The molecule has 0 N–H and O–H groups in total. The van der Waals surface area contributed by atoms with Crippen molar-refractivity contribution in [3.8, 4) is 17.1 Å². The fourth-order valence-corrected chi connectivity index (χ4v) is 3.63. The number of rotatable bonds is 5. The van der Waals surface area contributed by atoms with Crippen molar-refractivity contribution in [1.29, 1.82) is 0 Å². The van der Waals surface area contributed by atoms with E-state index in [1.807, 2.05) is 4.90 Å². The molecule has 4 rings (SSSR count). The molecule has 3 heterocycles. The molecule has 8 nitrogen and oxygen atoms in total. The lowest BCUT2D eigenvalue weighted by molar-refractivity contribution is -0.159. The van der Waals surface area contributed by atoms with Gasteiger partial charge in [-0.2, -0.15) is 18.2 Å². The molecule has 174 valence electrons. The standard InChI is InChI=1S/C20H16Cl2F3N5O3/c21-13-2-3-15(14(22)9-13)32-11-17(31)30-7-5-29(6-8-30)16-4-1-12(10-26-16)18-27-19(33-28-18)20(23,24)25/h1-4,9-10H,5-8,11H2. The van der Waals surface area contributed by atoms with Gasteiger partial charge in [0.2, 0.25) is 5.82 Å². The van der Waals surface area contributed by atoms with Crippen LogP contribution in [-0.2, 0) is 11.0 Å². The third-order valence-corrected chi connectivity index (χ3v) is 5.41. The van der Waals surface area contributed by atoms with Crippen molar-refractivity contribution in [2.24, 2.45) is 0 Å². The Kier molecular flexibility index (Phi) is 6.61. The van der Waals surface area contributed by atoms with E-state index in [1.165, 1.54) is 12.3 Å². The Morgan fingerprint density at radius 1 is 1.12 bits per heavy atom. The molecule has 0 radical (unpaired) electrons. The van der Waals surface area contributed by atoms with Crippen LogP contribution in [0.4, 0.5) is 19.0 Å². The highest BCUT2D eigenvalue weighted by atomic mass is 35.5. The molecule has 0 aliphatic carbocycles. The van der Waals surface area contributed by atoms with E-state index >= 15 is 0 Å². The van der Waals surface area contributed by atoms with Crippen molar-refractivity contribution in [3.05, 3.63) is 52.5 Å². The molecule has 0 bridgehead atoms. The number of piperazine rings is 1. The summed E-state index contributed by atoms with van der Waals surface area (Å²) in [6, 6.07) is 7.98. The molecule has 1 aromatic carbocycles. The normalized spacial score (nSPS) is 14.5. The molecule has 13 heteroatoms. The molecule has 2 aromatic heterocycles. The Morgan fingerprint density at radius 3 is 2.48 bits per heavy atom. The fraction of sp³-hybridized carbons (Fsp3) is 0.300. The quantitative estimate of drug-likeness (QED) is 0.518. The summed E-state index contributed by atoms with van der Waals surface area (Å²) in [5, 5.41) is 4.14. The Hall–Kier alpha value is -3.05. The van der Waals surface area contributed by atoms with Crippen LogP contribution in [-0.4, -0.2) is 58.7 Å². The van der Waals surface area contributed by atoms with Gasteiger partial charge in [0.05, 0.1) is 5.02 Å². The van der Waals surface area contributed by atoms with Gasteiger partial charge in [-0.15, -0.1) is 0 Å². The van der Waals surface area contributed by atoms with Crippen LogP contribution in [0.25, 0.3) is 11.4 Å². The van der Waals surface area contributed by atoms with Gasteiger partial charge in [-0.05, 0) is 30.3 Å². The second-order valence-corrected chi connectivity index (χ2v) is 7.90. The summed E-state index contributed by atoms with van der Waals surface area (Å²) in [5.74, 6) is -0.792.